The van der Waals surface area contributed by atoms with Crippen LogP contribution in [0.5, 0.6) is 5.75 Å². The molecule has 0 fully saturated rings. The third kappa shape index (κ3) is 5.53. The Bertz CT molecular complexity index is 869. The molecule has 0 radical (unpaired) electrons. The van der Waals surface area contributed by atoms with Crippen molar-refractivity contribution in [3.63, 3.8) is 0 Å². The molecular weight excluding hydrogens is 348 g/mol. The zero-order valence-electron chi connectivity index (χ0n) is 14.1. The van der Waals surface area contributed by atoms with Gasteiger partial charge in [0.2, 0.25) is 5.91 Å². The second-order valence-corrected chi connectivity index (χ2v) is 6.15. The van der Waals surface area contributed by atoms with Crippen LogP contribution in [0.4, 0.5) is 11.4 Å². The molecule has 132 valence electrons. The van der Waals surface area contributed by atoms with Gasteiger partial charge in [-0.15, -0.1) is 0 Å². The molecule has 0 aliphatic rings. The fourth-order valence-corrected chi connectivity index (χ4v) is 2.58. The molecule has 0 saturated carbocycles. The van der Waals surface area contributed by atoms with Crippen molar-refractivity contribution in [3.05, 3.63) is 89.4 Å². The highest BCUT2D eigenvalue weighted by Gasteiger charge is 2.04. The van der Waals surface area contributed by atoms with Crippen LogP contribution in [0.1, 0.15) is 5.56 Å². The van der Waals surface area contributed by atoms with Gasteiger partial charge in [-0.2, -0.15) is 0 Å². The molecule has 0 atom stereocenters. The minimum Gasteiger partial charge on any atom is -0.489 e. The van der Waals surface area contributed by atoms with Crippen molar-refractivity contribution in [2.45, 2.75) is 6.61 Å². The van der Waals surface area contributed by atoms with E-state index in [1.165, 1.54) is 0 Å². The Morgan fingerprint density at radius 2 is 1.65 bits per heavy atom. The monoisotopic (exact) mass is 366 g/mol. The zero-order chi connectivity index (χ0) is 18.2. The Morgan fingerprint density at radius 1 is 0.885 bits per heavy atom. The average Bonchev–Trinajstić information content (AvgIpc) is 2.66. The van der Waals surface area contributed by atoms with Gasteiger partial charge in [0.05, 0.1) is 6.54 Å². The fraction of sp³-hybridized carbons (Fsp3) is 0.0952. The lowest BCUT2D eigenvalue weighted by Gasteiger charge is -2.10. The predicted molar refractivity (Wildman–Crippen MR) is 106 cm³/mol. The summed E-state index contributed by atoms with van der Waals surface area (Å²) in [5, 5.41) is 6.47. The van der Waals surface area contributed by atoms with Gasteiger partial charge in [0.1, 0.15) is 12.4 Å². The number of carbonyl (C=O) groups is 1. The lowest BCUT2D eigenvalue weighted by molar-refractivity contribution is -0.114. The molecule has 0 aliphatic heterocycles. The molecule has 0 aromatic heterocycles. The number of hydrogen-bond acceptors (Lipinski definition) is 3. The van der Waals surface area contributed by atoms with Gasteiger partial charge in [-0.1, -0.05) is 54.1 Å². The van der Waals surface area contributed by atoms with Gasteiger partial charge >= 0.3 is 0 Å². The highest BCUT2D eigenvalue weighted by Crippen LogP contribution is 2.19. The lowest BCUT2D eigenvalue weighted by atomic mass is 10.2. The summed E-state index contributed by atoms with van der Waals surface area (Å²) < 4.78 is 5.79. The van der Waals surface area contributed by atoms with Gasteiger partial charge in [0.15, 0.2) is 0 Å². The zero-order valence-corrected chi connectivity index (χ0v) is 14.9. The highest BCUT2D eigenvalue weighted by molar-refractivity contribution is 6.30. The van der Waals surface area contributed by atoms with Crippen LogP contribution in [0.25, 0.3) is 0 Å². The summed E-state index contributed by atoms with van der Waals surface area (Å²) in [6.07, 6.45) is 0. The van der Waals surface area contributed by atoms with Crippen molar-refractivity contribution >= 4 is 28.9 Å². The van der Waals surface area contributed by atoms with Crippen molar-refractivity contribution in [1.29, 1.82) is 0 Å². The second kappa shape index (κ2) is 8.92. The number of rotatable bonds is 7. The minimum atomic E-state index is -0.150. The van der Waals surface area contributed by atoms with Crippen molar-refractivity contribution in [3.8, 4) is 5.75 Å². The fourth-order valence-electron chi connectivity index (χ4n) is 2.39. The van der Waals surface area contributed by atoms with Crippen LogP contribution in [0.2, 0.25) is 5.02 Å². The van der Waals surface area contributed by atoms with Crippen LogP contribution in [-0.2, 0) is 11.4 Å². The Hall–Kier alpha value is -2.98. The first kappa shape index (κ1) is 17.8. The minimum absolute atomic E-state index is 0.147. The van der Waals surface area contributed by atoms with E-state index < -0.39 is 0 Å². The molecule has 3 aromatic carbocycles. The quantitative estimate of drug-likeness (QED) is 0.620. The maximum absolute atomic E-state index is 12.0. The maximum atomic E-state index is 12.0. The maximum Gasteiger partial charge on any atom is 0.243 e. The summed E-state index contributed by atoms with van der Waals surface area (Å²) in [5.74, 6) is 0.594. The third-order valence-corrected chi connectivity index (χ3v) is 3.88. The Balaban J connectivity index is 1.51. The standard InChI is InChI=1S/C21H19ClN2O2/c22-17-8-4-10-19(12-17)24-21(25)14-23-18-9-5-11-20(13-18)26-15-16-6-2-1-3-7-16/h1-13,23H,14-15H2,(H,24,25). The molecule has 0 spiro atoms. The van der Waals surface area contributed by atoms with Crippen LogP contribution in [0, 0.1) is 0 Å². The van der Waals surface area contributed by atoms with Crippen molar-refractivity contribution in [2.75, 3.05) is 17.2 Å². The van der Waals surface area contributed by atoms with E-state index >= 15 is 0 Å². The third-order valence-electron chi connectivity index (χ3n) is 3.64. The van der Waals surface area contributed by atoms with E-state index in [-0.39, 0.29) is 12.5 Å². The van der Waals surface area contributed by atoms with E-state index in [2.05, 4.69) is 10.6 Å². The SMILES string of the molecule is O=C(CNc1cccc(OCc2ccccc2)c1)Nc1cccc(Cl)c1. The Labute approximate surface area is 157 Å². The van der Waals surface area contributed by atoms with E-state index in [4.69, 9.17) is 16.3 Å². The van der Waals surface area contributed by atoms with Crippen molar-refractivity contribution < 1.29 is 9.53 Å². The largest absolute Gasteiger partial charge is 0.489 e. The van der Waals surface area contributed by atoms with Crippen LogP contribution < -0.4 is 15.4 Å². The number of benzene rings is 3. The number of ether oxygens (including phenoxy) is 1. The molecule has 0 aliphatic carbocycles. The van der Waals surface area contributed by atoms with E-state index in [0.29, 0.717) is 17.3 Å². The average molecular weight is 367 g/mol. The van der Waals surface area contributed by atoms with Gasteiger partial charge in [-0.05, 0) is 35.9 Å². The molecule has 2 N–H and O–H groups in total. The Morgan fingerprint density at radius 3 is 2.46 bits per heavy atom. The number of amides is 1. The summed E-state index contributed by atoms with van der Waals surface area (Å²) in [6.45, 7) is 0.647. The summed E-state index contributed by atoms with van der Waals surface area (Å²) in [7, 11) is 0. The first-order valence-electron chi connectivity index (χ1n) is 8.25. The summed E-state index contributed by atoms with van der Waals surface area (Å²) in [5.41, 5.74) is 2.59. The highest BCUT2D eigenvalue weighted by atomic mass is 35.5. The normalized spacial score (nSPS) is 10.2. The number of anilines is 2. The van der Waals surface area contributed by atoms with Crippen LogP contribution >= 0.6 is 11.6 Å². The topological polar surface area (TPSA) is 50.4 Å². The molecule has 5 heteroatoms. The molecule has 3 rings (SSSR count). The second-order valence-electron chi connectivity index (χ2n) is 5.71. The molecular formula is C21H19ClN2O2. The van der Waals surface area contributed by atoms with Gasteiger partial charge in [-0.25, -0.2) is 0 Å². The van der Waals surface area contributed by atoms with Crippen LogP contribution in [0.3, 0.4) is 0 Å². The van der Waals surface area contributed by atoms with Gasteiger partial charge in [0.25, 0.3) is 0 Å². The van der Waals surface area contributed by atoms with Gasteiger partial charge in [-0.3, -0.25) is 4.79 Å². The van der Waals surface area contributed by atoms with Gasteiger partial charge in [0, 0.05) is 22.5 Å². The number of carbonyl (C=O) groups excluding carboxylic acids is 1. The molecule has 4 nitrogen and oxygen atoms in total. The molecule has 0 unspecified atom stereocenters. The lowest BCUT2D eigenvalue weighted by Crippen LogP contribution is -2.21. The number of halogens is 1. The summed E-state index contributed by atoms with van der Waals surface area (Å²) >= 11 is 5.91. The van der Waals surface area contributed by atoms with E-state index in [0.717, 1.165) is 17.0 Å². The first-order chi connectivity index (χ1) is 12.7. The molecule has 3 aromatic rings. The number of hydrogen-bond donors (Lipinski definition) is 2. The van der Waals surface area contributed by atoms with Crippen LogP contribution in [-0.4, -0.2) is 12.5 Å². The van der Waals surface area contributed by atoms with E-state index in [1.807, 2.05) is 54.6 Å². The molecule has 26 heavy (non-hydrogen) atoms. The predicted octanol–water partition coefficient (Wildman–Crippen LogP) is 4.97. The summed E-state index contributed by atoms with van der Waals surface area (Å²) in [4.78, 5) is 12.0. The molecule has 1 amide bonds. The molecule has 0 saturated heterocycles. The Kier molecular flexibility index (Phi) is 6.12. The number of nitrogens with one attached hydrogen (secondary N) is 2. The smallest absolute Gasteiger partial charge is 0.243 e. The molecule has 0 bridgehead atoms. The van der Waals surface area contributed by atoms with E-state index in [9.17, 15) is 4.79 Å². The summed E-state index contributed by atoms with van der Waals surface area (Å²) in [6, 6.07) is 24.6. The van der Waals surface area contributed by atoms with Gasteiger partial charge < -0.3 is 15.4 Å². The first-order valence-corrected chi connectivity index (χ1v) is 8.63. The van der Waals surface area contributed by atoms with Crippen LogP contribution in [0.15, 0.2) is 78.9 Å². The molecule has 0 heterocycles. The van der Waals surface area contributed by atoms with Crippen molar-refractivity contribution in [1.82, 2.24) is 0 Å². The van der Waals surface area contributed by atoms with E-state index in [1.54, 1.807) is 24.3 Å². The van der Waals surface area contributed by atoms with Crippen molar-refractivity contribution in [2.24, 2.45) is 0 Å².